The molecular weight excluding hydrogens is 673 g/mol. The lowest BCUT2D eigenvalue weighted by Crippen LogP contribution is -2.54. The van der Waals surface area contributed by atoms with Crippen LogP contribution in [0.4, 0.5) is 0 Å². The molecule has 4 atom stereocenters. The average molecular weight is 703 g/mol. The van der Waals surface area contributed by atoms with Crippen molar-refractivity contribution in [1.29, 1.82) is 0 Å². The molecule has 2 aromatic carbocycles. The Morgan fingerprint density at radius 1 is 0.500 bits per heavy atom. The first-order chi connectivity index (χ1) is 20.1. The fourth-order valence-corrected chi connectivity index (χ4v) is 6.00. The third-order valence-electron chi connectivity index (χ3n) is 5.00. The second kappa shape index (κ2) is 15.3. The van der Waals surface area contributed by atoms with Gasteiger partial charge in [-0.2, -0.15) is 33.7 Å². The topological polar surface area (TPSA) is 226 Å². The van der Waals surface area contributed by atoms with E-state index in [9.17, 15) is 43.3 Å². The van der Waals surface area contributed by atoms with Crippen LogP contribution in [0.25, 0.3) is 0 Å². The van der Waals surface area contributed by atoms with E-state index in [2.05, 4.69) is 0 Å². The molecule has 0 bridgehead atoms. The standard InChI is InChI=1S/C24H30O16S4/c1-41(27,28)37-19(15-35-23(25)17-11-7-5-8-12-17)21(39-43(3,31)32)22(40-44(4,33)34)20(38-42(2,29)30)16-36-24(26)18-13-9-6-10-14-18/h5-14,19-22H,15-16H2,1-4H3/t19-,20-,21-,22+/m1/s1. The van der Waals surface area contributed by atoms with Crippen LogP contribution in [0.2, 0.25) is 0 Å². The van der Waals surface area contributed by atoms with Crippen LogP contribution in [-0.2, 0) is 66.7 Å². The number of benzene rings is 2. The maximum atomic E-state index is 12.6. The van der Waals surface area contributed by atoms with Gasteiger partial charge in [-0.05, 0) is 24.3 Å². The molecule has 0 aliphatic heterocycles. The van der Waals surface area contributed by atoms with Gasteiger partial charge in [0.05, 0.1) is 36.1 Å². The molecule has 44 heavy (non-hydrogen) atoms. The molecule has 0 N–H and O–H groups in total. The molecule has 246 valence electrons. The SMILES string of the molecule is CS(=O)(=O)O[C@H]([C@H](OS(C)(=O)=O)[C@@H](COC(=O)c1ccccc1)OS(C)(=O)=O)[C@@H](COC(=O)c1ccccc1)OS(C)(=O)=O. The van der Waals surface area contributed by atoms with Crippen molar-refractivity contribution in [3.8, 4) is 0 Å². The van der Waals surface area contributed by atoms with Crippen LogP contribution in [0.1, 0.15) is 20.7 Å². The second-order valence-electron chi connectivity index (χ2n) is 9.14. The Balaban J connectivity index is 2.63. The van der Waals surface area contributed by atoms with E-state index in [1.807, 2.05) is 0 Å². The average Bonchev–Trinajstić information content (AvgIpc) is 2.89. The molecule has 0 spiro atoms. The van der Waals surface area contributed by atoms with E-state index in [-0.39, 0.29) is 11.1 Å². The molecule has 20 heteroatoms. The molecule has 0 aliphatic rings. The highest BCUT2D eigenvalue weighted by Crippen LogP contribution is 2.24. The maximum absolute atomic E-state index is 12.6. The molecule has 0 saturated carbocycles. The maximum Gasteiger partial charge on any atom is 0.338 e. The number of carbonyl (C=O) groups excluding carboxylic acids is 2. The number of hydrogen-bond donors (Lipinski definition) is 0. The van der Waals surface area contributed by atoms with Gasteiger partial charge >= 0.3 is 11.9 Å². The lowest BCUT2D eigenvalue weighted by Gasteiger charge is -2.34. The van der Waals surface area contributed by atoms with Crippen molar-refractivity contribution in [2.45, 2.75) is 24.4 Å². The summed E-state index contributed by atoms with van der Waals surface area (Å²) in [5.74, 6) is -2.07. The van der Waals surface area contributed by atoms with Gasteiger partial charge in [-0.3, -0.25) is 16.7 Å². The van der Waals surface area contributed by atoms with Crippen LogP contribution in [0.15, 0.2) is 60.7 Å². The quantitative estimate of drug-likeness (QED) is 0.157. The van der Waals surface area contributed by atoms with Crippen LogP contribution in [-0.4, -0.2) is 108 Å². The van der Waals surface area contributed by atoms with Gasteiger partial charge in [0.2, 0.25) is 0 Å². The summed E-state index contributed by atoms with van der Waals surface area (Å²) in [7, 11) is -18.4. The zero-order valence-corrected chi connectivity index (χ0v) is 26.9. The van der Waals surface area contributed by atoms with E-state index in [1.165, 1.54) is 48.5 Å². The highest BCUT2D eigenvalue weighted by molar-refractivity contribution is 7.86. The van der Waals surface area contributed by atoms with Crippen LogP contribution < -0.4 is 0 Å². The molecule has 0 unspecified atom stereocenters. The van der Waals surface area contributed by atoms with E-state index in [4.69, 9.17) is 26.2 Å². The lowest BCUT2D eigenvalue weighted by molar-refractivity contribution is -0.0850. The minimum atomic E-state index is -4.67. The van der Waals surface area contributed by atoms with Gasteiger partial charge in [0.15, 0.2) is 0 Å². The first-order valence-corrected chi connectivity index (χ1v) is 19.4. The highest BCUT2D eigenvalue weighted by atomic mass is 32.2. The molecular formula is C24H30O16S4. The number of ether oxygens (including phenoxy) is 2. The Kier molecular flexibility index (Phi) is 13.0. The summed E-state index contributed by atoms with van der Waals surface area (Å²) in [5, 5.41) is 0. The van der Waals surface area contributed by atoms with Crippen molar-refractivity contribution < 1.29 is 69.5 Å². The predicted octanol–water partition coefficient (Wildman–Crippen LogP) is 0.0796. The fourth-order valence-electron chi connectivity index (χ4n) is 3.49. The monoisotopic (exact) mass is 702 g/mol. The summed E-state index contributed by atoms with van der Waals surface area (Å²) >= 11 is 0. The third kappa shape index (κ3) is 14.2. The molecule has 16 nitrogen and oxygen atoms in total. The molecule has 0 heterocycles. The smallest absolute Gasteiger partial charge is 0.338 e. The molecule has 0 amide bonds. The van der Waals surface area contributed by atoms with Crippen LogP contribution >= 0.6 is 0 Å². The Morgan fingerprint density at radius 2 is 0.773 bits per heavy atom. The van der Waals surface area contributed by atoms with Crippen molar-refractivity contribution in [2.75, 3.05) is 38.2 Å². The van der Waals surface area contributed by atoms with Crippen molar-refractivity contribution >= 4 is 52.4 Å². The summed E-state index contributed by atoms with van der Waals surface area (Å²) in [6.07, 6.45) is -7.17. The molecule has 2 aromatic rings. The summed E-state index contributed by atoms with van der Waals surface area (Å²) < 4.78 is 128. The number of rotatable bonds is 17. The van der Waals surface area contributed by atoms with E-state index in [0.717, 1.165) is 0 Å². The summed E-state index contributed by atoms with van der Waals surface area (Å²) in [6.45, 7) is -2.19. The van der Waals surface area contributed by atoms with Crippen LogP contribution in [0.3, 0.4) is 0 Å². The van der Waals surface area contributed by atoms with Crippen molar-refractivity contribution in [3.63, 3.8) is 0 Å². The minimum Gasteiger partial charge on any atom is -0.459 e. The predicted molar refractivity (Wildman–Crippen MR) is 152 cm³/mol. The summed E-state index contributed by atoms with van der Waals surface area (Å²) in [4.78, 5) is 25.2. The highest BCUT2D eigenvalue weighted by Gasteiger charge is 2.46. The summed E-state index contributed by atoms with van der Waals surface area (Å²) in [6, 6.07) is 14.5. The van der Waals surface area contributed by atoms with Gasteiger partial charge < -0.3 is 9.47 Å². The molecule has 2 rings (SSSR count). The molecule has 0 fully saturated rings. The minimum absolute atomic E-state index is 0.0127. The van der Waals surface area contributed by atoms with Crippen LogP contribution in [0.5, 0.6) is 0 Å². The van der Waals surface area contributed by atoms with Crippen molar-refractivity contribution in [3.05, 3.63) is 71.8 Å². The van der Waals surface area contributed by atoms with Gasteiger partial charge in [-0.25, -0.2) is 9.59 Å². The molecule has 0 radical (unpaired) electrons. The summed E-state index contributed by atoms with van der Waals surface area (Å²) in [5.41, 5.74) is -0.0255. The molecule has 0 aromatic heterocycles. The Hall–Kier alpha value is -2.98. The largest absolute Gasteiger partial charge is 0.459 e. The van der Waals surface area contributed by atoms with E-state index in [1.54, 1.807) is 12.1 Å². The number of esters is 2. The Bertz CT molecular complexity index is 1580. The van der Waals surface area contributed by atoms with Gasteiger partial charge in [0.1, 0.15) is 37.6 Å². The Labute approximate surface area is 255 Å². The van der Waals surface area contributed by atoms with Gasteiger partial charge in [-0.1, -0.05) is 36.4 Å². The van der Waals surface area contributed by atoms with Crippen LogP contribution in [0, 0.1) is 0 Å². The van der Waals surface area contributed by atoms with Gasteiger partial charge in [0, 0.05) is 0 Å². The van der Waals surface area contributed by atoms with E-state index < -0.39 is 90.0 Å². The normalized spacial score (nSPS) is 15.5. The van der Waals surface area contributed by atoms with E-state index in [0.29, 0.717) is 25.0 Å². The van der Waals surface area contributed by atoms with Gasteiger partial charge in [-0.15, -0.1) is 0 Å². The molecule has 0 saturated heterocycles. The number of carbonyl (C=O) groups is 2. The lowest BCUT2D eigenvalue weighted by atomic mass is 10.0. The molecule has 0 aliphatic carbocycles. The Morgan fingerprint density at radius 3 is 1.02 bits per heavy atom. The van der Waals surface area contributed by atoms with Gasteiger partial charge in [0.25, 0.3) is 40.5 Å². The fraction of sp³-hybridized carbons (Fsp3) is 0.417. The van der Waals surface area contributed by atoms with E-state index >= 15 is 0 Å². The second-order valence-corrected chi connectivity index (χ2v) is 15.5. The van der Waals surface area contributed by atoms with Crippen molar-refractivity contribution in [2.24, 2.45) is 0 Å². The van der Waals surface area contributed by atoms with Crippen molar-refractivity contribution in [1.82, 2.24) is 0 Å². The first kappa shape index (κ1) is 37.2. The first-order valence-electron chi connectivity index (χ1n) is 12.1. The zero-order chi connectivity index (χ0) is 33.3. The number of hydrogen-bond acceptors (Lipinski definition) is 16. The zero-order valence-electron chi connectivity index (χ0n) is 23.7. The third-order valence-corrected chi connectivity index (χ3v) is 7.34.